The largest absolute Gasteiger partial charge is 0.450 e. The maximum atomic E-state index is 12.8. The number of hydrogen-bond acceptors (Lipinski definition) is 7. The molecule has 11 nitrogen and oxygen atoms in total. The monoisotopic (exact) mass is 454 g/mol. The molecule has 3 heterocycles. The molecular weight excluding hydrogens is 424 g/mol. The molecule has 2 aliphatic heterocycles. The van der Waals surface area contributed by atoms with E-state index in [-0.39, 0.29) is 23.6 Å². The highest BCUT2D eigenvalue weighted by atomic mass is 16.5. The van der Waals surface area contributed by atoms with Crippen LogP contribution in [0, 0.1) is 0 Å². The van der Waals surface area contributed by atoms with Crippen molar-refractivity contribution >= 4 is 23.4 Å². The summed E-state index contributed by atoms with van der Waals surface area (Å²) in [6.45, 7) is 5.72. The van der Waals surface area contributed by atoms with Crippen LogP contribution >= 0.6 is 0 Å². The number of likely N-dealkylation sites (tertiary alicyclic amines) is 1. The zero-order chi connectivity index (χ0) is 23.4. The van der Waals surface area contributed by atoms with Crippen LogP contribution in [0.1, 0.15) is 42.6 Å². The summed E-state index contributed by atoms with van der Waals surface area (Å²) >= 11 is 0. The summed E-state index contributed by atoms with van der Waals surface area (Å²) in [6.07, 6.45) is 4.33. The number of guanidine groups is 1. The predicted molar refractivity (Wildman–Crippen MR) is 126 cm³/mol. The third-order valence-electron chi connectivity index (χ3n) is 5.85. The number of amides is 1. The quantitative estimate of drug-likeness (QED) is 0.236. The van der Waals surface area contributed by atoms with Crippen LogP contribution in [-0.4, -0.2) is 59.0 Å². The first-order valence-corrected chi connectivity index (χ1v) is 11.2. The van der Waals surface area contributed by atoms with Gasteiger partial charge in [0, 0.05) is 37.8 Å². The van der Waals surface area contributed by atoms with Gasteiger partial charge in [-0.1, -0.05) is 0 Å². The van der Waals surface area contributed by atoms with Gasteiger partial charge < -0.3 is 31.7 Å². The molecular formula is C22H30N8O3. The summed E-state index contributed by atoms with van der Waals surface area (Å²) < 4.78 is 7.68. The van der Waals surface area contributed by atoms with Crippen LogP contribution in [0.4, 0.5) is 11.5 Å². The van der Waals surface area contributed by atoms with Gasteiger partial charge in [-0.15, -0.1) is 0 Å². The molecule has 176 valence electrons. The van der Waals surface area contributed by atoms with E-state index in [1.54, 1.807) is 29.0 Å². The number of carbonyl (C=O) groups is 1. The van der Waals surface area contributed by atoms with Gasteiger partial charge in [0.15, 0.2) is 23.3 Å². The smallest absolute Gasteiger partial charge is 0.350 e. The average Bonchev–Trinajstić information content (AvgIpc) is 2.80. The van der Waals surface area contributed by atoms with Gasteiger partial charge in [0.1, 0.15) is 0 Å². The molecule has 0 spiro atoms. The van der Waals surface area contributed by atoms with Gasteiger partial charge in [-0.05, 0) is 50.9 Å². The molecule has 1 fully saturated rings. The van der Waals surface area contributed by atoms with E-state index in [0.717, 1.165) is 38.9 Å². The molecule has 33 heavy (non-hydrogen) atoms. The Labute approximate surface area is 191 Å². The normalized spacial score (nSPS) is 15.5. The number of piperidine rings is 1. The first-order valence-electron chi connectivity index (χ1n) is 11.2. The number of aliphatic imine (C=N–C) groups is 1. The fraction of sp³-hybridized carbons (Fsp3) is 0.455. The van der Waals surface area contributed by atoms with Crippen LogP contribution in [0.25, 0.3) is 0 Å². The molecule has 6 N–H and O–H groups in total. The van der Waals surface area contributed by atoms with Gasteiger partial charge in [0.2, 0.25) is 0 Å². The Morgan fingerprint density at radius 1 is 1.30 bits per heavy atom. The Bertz CT molecular complexity index is 1100. The lowest BCUT2D eigenvalue weighted by molar-refractivity contribution is 0.0956. The van der Waals surface area contributed by atoms with Crippen molar-refractivity contribution in [2.75, 3.05) is 38.0 Å². The number of fused-ring (bicyclic) bond motifs is 2. The van der Waals surface area contributed by atoms with Crippen LogP contribution in [0.3, 0.4) is 0 Å². The number of nitrogens with two attached hydrogens (primary N) is 2. The van der Waals surface area contributed by atoms with Crippen molar-refractivity contribution < 1.29 is 9.53 Å². The molecule has 2 aromatic rings. The second-order valence-electron chi connectivity index (χ2n) is 8.17. The Hall–Kier alpha value is -3.60. The number of ether oxygens (including phenoxy) is 1. The molecule has 0 radical (unpaired) electrons. The molecule has 0 atom stereocenters. The second-order valence-corrected chi connectivity index (χ2v) is 8.17. The van der Waals surface area contributed by atoms with Crippen molar-refractivity contribution in [3.05, 3.63) is 40.4 Å². The van der Waals surface area contributed by atoms with Crippen LogP contribution in [0.5, 0.6) is 11.5 Å². The third kappa shape index (κ3) is 5.25. The Balaban J connectivity index is 1.41. The fourth-order valence-electron chi connectivity index (χ4n) is 4.17. The number of benzene rings is 1. The molecule has 4 rings (SSSR count). The van der Waals surface area contributed by atoms with Crippen molar-refractivity contribution in [2.45, 2.75) is 32.2 Å². The zero-order valence-corrected chi connectivity index (χ0v) is 18.7. The maximum Gasteiger partial charge on any atom is 0.350 e. The van der Waals surface area contributed by atoms with Crippen molar-refractivity contribution in [1.29, 1.82) is 0 Å². The minimum absolute atomic E-state index is 0.0642. The number of rotatable bonds is 7. The average molecular weight is 455 g/mol. The van der Waals surface area contributed by atoms with E-state index in [4.69, 9.17) is 16.2 Å². The summed E-state index contributed by atoms with van der Waals surface area (Å²) in [5.74, 6) is 1.38. The van der Waals surface area contributed by atoms with Crippen molar-refractivity contribution in [3.63, 3.8) is 0 Å². The molecule has 11 heteroatoms. The van der Waals surface area contributed by atoms with Gasteiger partial charge >= 0.3 is 5.69 Å². The Morgan fingerprint density at radius 2 is 2.09 bits per heavy atom. The van der Waals surface area contributed by atoms with Gasteiger partial charge in [-0.2, -0.15) is 4.98 Å². The van der Waals surface area contributed by atoms with Crippen LogP contribution in [0.2, 0.25) is 0 Å². The lowest BCUT2D eigenvalue weighted by Gasteiger charge is -2.33. The first-order chi connectivity index (χ1) is 15.9. The number of anilines is 2. The van der Waals surface area contributed by atoms with E-state index in [9.17, 15) is 9.59 Å². The second kappa shape index (κ2) is 9.90. The molecule has 1 amide bonds. The zero-order valence-electron chi connectivity index (χ0n) is 18.7. The number of hydrogen-bond donors (Lipinski definition) is 4. The topological polar surface area (TPSA) is 153 Å². The van der Waals surface area contributed by atoms with Crippen molar-refractivity contribution in [1.82, 2.24) is 19.8 Å². The highest BCUT2D eigenvalue weighted by Gasteiger charge is 2.25. The van der Waals surface area contributed by atoms with Crippen molar-refractivity contribution in [3.8, 4) is 11.5 Å². The molecule has 0 aliphatic carbocycles. The van der Waals surface area contributed by atoms with Gasteiger partial charge in [0.05, 0.1) is 11.9 Å². The lowest BCUT2D eigenvalue weighted by atomic mass is 10.0. The van der Waals surface area contributed by atoms with E-state index in [2.05, 4.69) is 25.5 Å². The fourth-order valence-corrected chi connectivity index (χ4v) is 4.17. The number of aromatic nitrogens is 2. The predicted octanol–water partition coefficient (Wildman–Crippen LogP) is 1.14. The maximum absolute atomic E-state index is 12.8. The third-order valence-corrected chi connectivity index (χ3v) is 5.85. The Kier molecular flexibility index (Phi) is 6.78. The molecule has 0 bridgehead atoms. The van der Waals surface area contributed by atoms with Crippen LogP contribution in [-0.2, 0) is 0 Å². The summed E-state index contributed by atoms with van der Waals surface area (Å²) in [7, 11) is 0. The van der Waals surface area contributed by atoms with E-state index in [1.807, 2.05) is 6.92 Å². The number of nitrogens with zero attached hydrogens (tertiary/aromatic N) is 4. The van der Waals surface area contributed by atoms with Gasteiger partial charge in [0.25, 0.3) is 5.91 Å². The van der Waals surface area contributed by atoms with Crippen LogP contribution in [0.15, 0.2) is 34.2 Å². The summed E-state index contributed by atoms with van der Waals surface area (Å²) in [4.78, 5) is 35.4. The number of carbonyl (C=O) groups excluding carboxylic acids is 1. The van der Waals surface area contributed by atoms with E-state index in [1.165, 1.54) is 0 Å². The van der Waals surface area contributed by atoms with E-state index >= 15 is 0 Å². The summed E-state index contributed by atoms with van der Waals surface area (Å²) in [6, 6.07) is 5.21. The lowest BCUT2D eigenvalue weighted by Crippen LogP contribution is -2.38. The summed E-state index contributed by atoms with van der Waals surface area (Å²) in [5.41, 5.74) is 11.5. The van der Waals surface area contributed by atoms with Crippen LogP contribution < -0.4 is 32.5 Å². The first kappa shape index (κ1) is 22.6. The standard InChI is InChI=1S/C22H30N8O3/c1-2-25-20(31)14-4-5-17-16(12-14)27-19-18(33-17)13-30(22(32)28-19)15-6-10-29(11-7-15)9-3-8-26-21(23)24/h4-5,12-13,15H,2-3,6-11H2,1H3,(H,25,31)(H4,23,24,26)(H,27,28,32). The number of nitrogens with one attached hydrogen (secondary N) is 2. The molecule has 0 saturated carbocycles. The van der Waals surface area contributed by atoms with E-state index in [0.29, 0.717) is 41.7 Å². The van der Waals surface area contributed by atoms with Gasteiger partial charge in [-0.3, -0.25) is 14.4 Å². The minimum Gasteiger partial charge on any atom is -0.450 e. The van der Waals surface area contributed by atoms with Crippen molar-refractivity contribution in [2.24, 2.45) is 16.5 Å². The highest BCUT2D eigenvalue weighted by molar-refractivity contribution is 5.96. The molecule has 1 saturated heterocycles. The minimum atomic E-state index is -0.320. The summed E-state index contributed by atoms with van der Waals surface area (Å²) in [5, 5.41) is 5.89. The SMILES string of the molecule is CCNC(=O)c1ccc2c(c1)Nc1nc(=O)n(C3CCN(CCCN=C(N)N)CC3)cc1O2. The molecule has 2 aliphatic rings. The Morgan fingerprint density at radius 3 is 2.82 bits per heavy atom. The van der Waals surface area contributed by atoms with E-state index < -0.39 is 0 Å². The molecule has 0 unspecified atom stereocenters. The highest BCUT2D eigenvalue weighted by Crippen LogP contribution is 2.40. The molecule has 1 aromatic carbocycles. The van der Waals surface area contributed by atoms with Gasteiger partial charge in [-0.25, -0.2) is 4.79 Å². The molecule has 1 aromatic heterocycles.